The highest BCUT2D eigenvalue weighted by molar-refractivity contribution is 5.94. The molecule has 1 aromatic carbocycles. The van der Waals surface area contributed by atoms with Crippen LogP contribution in [0.15, 0.2) is 18.2 Å². The van der Waals surface area contributed by atoms with Crippen molar-refractivity contribution in [3.8, 4) is 11.5 Å². The molecule has 1 unspecified atom stereocenters. The van der Waals surface area contributed by atoms with E-state index < -0.39 is 0 Å². The molecule has 98 valence electrons. The van der Waals surface area contributed by atoms with Crippen molar-refractivity contribution in [2.45, 2.75) is 6.92 Å². The van der Waals surface area contributed by atoms with Crippen LogP contribution < -0.4 is 15.4 Å². The van der Waals surface area contributed by atoms with Gasteiger partial charge in [-0.05, 0) is 31.1 Å². The minimum absolute atomic E-state index is 0.0445. The van der Waals surface area contributed by atoms with Gasteiger partial charge < -0.3 is 20.5 Å². The molecule has 3 N–H and O–H groups in total. The van der Waals surface area contributed by atoms with E-state index in [0.717, 1.165) is 13.1 Å². The number of aromatic hydroxyl groups is 1. The normalized spacial score (nSPS) is 16.8. The molecule has 0 radical (unpaired) electrons. The number of benzene rings is 1. The molecule has 0 aliphatic carbocycles. The molecule has 1 fully saturated rings. The Kier molecular flexibility index (Phi) is 3.72. The summed E-state index contributed by atoms with van der Waals surface area (Å²) >= 11 is 0. The summed E-state index contributed by atoms with van der Waals surface area (Å²) in [6.45, 7) is 3.65. The smallest absolute Gasteiger partial charge is 0.227 e. The van der Waals surface area contributed by atoms with Crippen molar-refractivity contribution in [1.29, 1.82) is 0 Å². The first kappa shape index (κ1) is 12.7. The van der Waals surface area contributed by atoms with Gasteiger partial charge in [-0.1, -0.05) is 6.92 Å². The topological polar surface area (TPSA) is 70.6 Å². The standard InChI is InChI=1S/C13H18N2O3/c1-8(9-6-14-7-9)13(17)15-11-5-10(18-2)3-4-12(11)16/h3-5,8-9,14,16H,6-7H2,1-2H3,(H,15,17). The Labute approximate surface area is 106 Å². The Morgan fingerprint density at radius 3 is 2.83 bits per heavy atom. The van der Waals surface area contributed by atoms with Crippen molar-refractivity contribution in [3.05, 3.63) is 18.2 Å². The lowest BCUT2D eigenvalue weighted by Gasteiger charge is -2.31. The van der Waals surface area contributed by atoms with Gasteiger partial charge in [0.2, 0.25) is 5.91 Å². The van der Waals surface area contributed by atoms with Crippen LogP contribution in [0.3, 0.4) is 0 Å². The highest BCUT2D eigenvalue weighted by Gasteiger charge is 2.29. The summed E-state index contributed by atoms with van der Waals surface area (Å²) in [5.41, 5.74) is 0.387. The minimum atomic E-state index is -0.0787. The molecule has 0 spiro atoms. The van der Waals surface area contributed by atoms with Crippen molar-refractivity contribution < 1.29 is 14.6 Å². The first-order valence-electron chi connectivity index (χ1n) is 6.00. The Morgan fingerprint density at radius 1 is 1.56 bits per heavy atom. The second-order valence-electron chi connectivity index (χ2n) is 4.58. The third-order valence-electron chi connectivity index (χ3n) is 3.40. The number of hydrogen-bond donors (Lipinski definition) is 3. The van der Waals surface area contributed by atoms with Gasteiger partial charge in [-0.15, -0.1) is 0 Å². The van der Waals surface area contributed by atoms with E-state index in [4.69, 9.17) is 4.74 Å². The highest BCUT2D eigenvalue weighted by atomic mass is 16.5. The number of phenolic OH excluding ortho intramolecular Hbond substituents is 1. The van der Waals surface area contributed by atoms with Crippen LogP contribution >= 0.6 is 0 Å². The van der Waals surface area contributed by atoms with E-state index in [1.165, 1.54) is 6.07 Å². The van der Waals surface area contributed by atoms with Crippen molar-refractivity contribution in [2.24, 2.45) is 11.8 Å². The second-order valence-corrected chi connectivity index (χ2v) is 4.58. The average molecular weight is 250 g/mol. The Morgan fingerprint density at radius 2 is 2.28 bits per heavy atom. The van der Waals surface area contributed by atoms with E-state index in [-0.39, 0.29) is 17.6 Å². The zero-order valence-electron chi connectivity index (χ0n) is 10.6. The summed E-state index contributed by atoms with van der Waals surface area (Å²) in [5, 5.41) is 15.6. The van der Waals surface area contributed by atoms with E-state index in [1.807, 2.05) is 6.92 Å². The van der Waals surface area contributed by atoms with Crippen LogP contribution in [0.2, 0.25) is 0 Å². The number of phenols is 1. The maximum atomic E-state index is 12.0. The molecule has 5 heteroatoms. The first-order valence-corrected chi connectivity index (χ1v) is 6.00. The summed E-state index contributed by atoms with van der Waals surface area (Å²) in [5.74, 6) is 0.865. The third-order valence-corrected chi connectivity index (χ3v) is 3.40. The van der Waals surface area contributed by atoms with E-state index >= 15 is 0 Å². The summed E-state index contributed by atoms with van der Waals surface area (Å²) in [4.78, 5) is 12.0. The van der Waals surface area contributed by atoms with E-state index in [0.29, 0.717) is 17.4 Å². The van der Waals surface area contributed by atoms with E-state index in [2.05, 4.69) is 10.6 Å². The average Bonchev–Trinajstić information content (AvgIpc) is 2.29. The zero-order valence-corrected chi connectivity index (χ0v) is 10.6. The molecule has 1 aromatic rings. The van der Waals surface area contributed by atoms with Gasteiger partial charge >= 0.3 is 0 Å². The molecular weight excluding hydrogens is 232 g/mol. The summed E-state index contributed by atoms with van der Waals surface area (Å²) in [6.07, 6.45) is 0. The number of nitrogens with one attached hydrogen (secondary N) is 2. The lowest BCUT2D eigenvalue weighted by atomic mass is 9.88. The Balaban J connectivity index is 2.05. The lowest BCUT2D eigenvalue weighted by Crippen LogP contribution is -2.48. The number of anilines is 1. The molecule has 0 bridgehead atoms. The van der Waals surface area contributed by atoms with Gasteiger partial charge in [-0.3, -0.25) is 4.79 Å². The zero-order chi connectivity index (χ0) is 13.1. The minimum Gasteiger partial charge on any atom is -0.506 e. The predicted molar refractivity (Wildman–Crippen MR) is 68.8 cm³/mol. The molecule has 0 aromatic heterocycles. The highest BCUT2D eigenvalue weighted by Crippen LogP contribution is 2.29. The molecule has 0 saturated carbocycles. The second kappa shape index (κ2) is 5.27. The molecular formula is C13H18N2O3. The largest absolute Gasteiger partial charge is 0.506 e. The van der Waals surface area contributed by atoms with Crippen LogP contribution in [0.4, 0.5) is 5.69 Å². The summed E-state index contributed by atoms with van der Waals surface area (Å²) in [6, 6.07) is 4.76. The van der Waals surface area contributed by atoms with Gasteiger partial charge in [0.25, 0.3) is 0 Å². The predicted octanol–water partition coefficient (Wildman–Crippen LogP) is 1.19. The van der Waals surface area contributed by atoms with E-state index in [1.54, 1.807) is 19.2 Å². The molecule has 5 nitrogen and oxygen atoms in total. The molecule has 1 aliphatic rings. The van der Waals surface area contributed by atoms with Crippen LogP contribution in [0.5, 0.6) is 11.5 Å². The third kappa shape index (κ3) is 2.56. The maximum Gasteiger partial charge on any atom is 0.227 e. The van der Waals surface area contributed by atoms with Gasteiger partial charge in [0, 0.05) is 12.0 Å². The van der Waals surface area contributed by atoms with Crippen LogP contribution in [-0.2, 0) is 4.79 Å². The number of carbonyl (C=O) groups is 1. The Bertz CT molecular complexity index is 444. The van der Waals surface area contributed by atoms with Gasteiger partial charge in [0.15, 0.2) is 0 Å². The molecule has 1 aliphatic heterocycles. The van der Waals surface area contributed by atoms with Crippen LogP contribution in [0, 0.1) is 11.8 Å². The number of ether oxygens (including phenoxy) is 1. The SMILES string of the molecule is COc1ccc(O)c(NC(=O)C(C)C2CNC2)c1. The maximum absolute atomic E-state index is 12.0. The van der Waals surface area contributed by atoms with Crippen molar-refractivity contribution in [1.82, 2.24) is 5.32 Å². The number of rotatable bonds is 4. The van der Waals surface area contributed by atoms with Crippen LogP contribution in [-0.4, -0.2) is 31.2 Å². The summed E-state index contributed by atoms with van der Waals surface area (Å²) < 4.78 is 5.06. The molecule has 1 heterocycles. The first-order chi connectivity index (χ1) is 8.61. The monoisotopic (exact) mass is 250 g/mol. The Hall–Kier alpha value is -1.75. The molecule has 1 atom stereocenters. The molecule has 2 rings (SSSR count). The fraction of sp³-hybridized carbons (Fsp3) is 0.462. The molecule has 18 heavy (non-hydrogen) atoms. The van der Waals surface area contributed by atoms with Crippen molar-refractivity contribution in [2.75, 3.05) is 25.5 Å². The fourth-order valence-corrected chi connectivity index (χ4v) is 1.87. The van der Waals surface area contributed by atoms with Gasteiger partial charge in [0.05, 0.1) is 12.8 Å². The van der Waals surface area contributed by atoms with Crippen molar-refractivity contribution in [3.63, 3.8) is 0 Å². The van der Waals surface area contributed by atoms with Crippen LogP contribution in [0.25, 0.3) is 0 Å². The fourth-order valence-electron chi connectivity index (χ4n) is 1.87. The molecule has 1 saturated heterocycles. The number of hydrogen-bond acceptors (Lipinski definition) is 4. The van der Waals surface area contributed by atoms with Gasteiger partial charge in [-0.25, -0.2) is 0 Å². The molecule has 1 amide bonds. The summed E-state index contributed by atoms with van der Waals surface area (Å²) in [7, 11) is 1.54. The van der Waals surface area contributed by atoms with Crippen molar-refractivity contribution >= 4 is 11.6 Å². The van der Waals surface area contributed by atoms with Crippen LogP contribution in [0.1, 0.15) is 6.92 Å². The van der Waals surface area contributed by atoms with E-state index in [9.17, 15) is 9.90 Å². The number of amides is 1. The van der Waals surface area contributed by atoms with Gasteiger partial charge in [-0.2, -0.15) is 0 Å². The number of carbonyl (C=O) groups excluding carboxylic acids is 1. The number of methoxy groups -OCH3 is 1. The quantitative estimate of drug-likeness (QED) is 0.702. The van der Waals surface area contributed by atoms with Gasteiger partial charge in [0.1, 0.15) is 11.5 Å². The lowest BCUT2D eigenvalue weighted by molar-refractivity contribution is -0.121.